The molecule has 200 valence electrons. The number of piperidine rings is 1. The van der Waals surface area contributed by atoms with Crippen molar-refractivity contribution in [2.45, 2.75) is 32.3 Å². The van der Waals surface area contributed by atoms with E-state index in [1.807, 2.05) is 0 Å². The average Bonchev–Trinajstić information content (AvgIpc) is 2.92. The molecule has 0 bridgehead atoms. The monoisotopic (exact) mass is 516 g/mol. The number of hydrogen-bond donors (Lipinski definition) is 2. The third-order valence-electron chi connectivity index (χ3n) is 6.19. The smallest absolute Gasteiger partial charge is 0.328 e. The lowest BCUT2D eigenvalue weighted by Gasteiger charge is -2.33. The van der Waals surface area contributed by atoms with Gasteiger partial charge in [-0.1, -0.05) is 48.5 Å². The Morgan fingerprint density at radius 3 is 1.92 bits per heavy atom. The molecule has 1 aliphatic heterocycles. The van der Waals surface area contributed by atoms with Crippen molar-refractivity contribution in [3.8, 4) is 5.75 Å². The van der Waals surface area contributed by atoms with Crippen LogP contribution in [-0.2, 0) is 9.59 Å². The topological polar surface area (TPSA) is 90.3 Å². The Morgan fingerprint density at radius 1 is 0.868 bits per heavy atom. The van der Waals surface area contributed by atoms with Gasteiger partial charge in [-0.05, 0) is 74.7 Å². The number of aryl methyl sites for hydroxylation is 1. The number of anilines is 2. The van der Waals surface area contributed by atoms with Gasteiger partial charge < -0.3 is 24.7 Å². The van der Waals surface area contributed by atoms with Crippen LogP contribution < -0.4 is 9.64 Å². The minimum absolute atomic E-state index is 0.341. The second-order valence-corrected chi connectivity index (χ2v) is 9.16. The van der Waals surface area contributed by atoms with E-state index in [-0.39, 0.29) is 0 Å². The van der Waals surface area contributed by atoms with Crippen molar-refractivity contribution in [3.63, 3.8) is 0 Å². The van der Waals surface area contributed by atoms with Gasteiger partial charge in [0.1, 0.15) is 11.9 Å². The van der Waals surface area contributed by atoms with Gasteiger partial charge in [-0.25, -0.2) is 9.59 Å². The van der Waals surface area contributed by atoms with Crippen LogP contribution in [0, 0.1) is 6.92 Å². The molecule has 0 saturated carbocycles. The highest BCUT2D eigenvalue weighted by molar-refractivity contribution is 5.89. The number of likely N-dealkylation sites (tertiary alicyclic amines) is 1. The van der Waals surface area contributed by atoms with E-state index in [1.165, 1.54) is 16.9 Å². The van der Waals surface area contributed by atoms with E-state index in [4.69, 9.17) is 14.9 Å². The molecule has 0 aliphatic carbocycles. The number of para-hydroxylation sites is 2. The van der Waals surface area contributed by atoms with Gasteiger partial charge >= 0.3 is 11.9 Å². The van der Waals surface area contributed by atoms with E-state index in [0.717, 1.165) is 51.2 Å². The molecule has 0 aromatic heterocycles. The molecule has 0 atom stereocenters. The Morgan fingerprint density at radius 2 is 1.42 bits per heavy atom. The summed E-state index contributed by atoms with van der Waals surface area (Å²) in [6.07, 6.45) is 4.82. The maximum absolute atomic E-state index is 9.55. The maximum atomic E-state index is 9.55. The van der Waals surface area contributed by atoms with E-state index in [2.05, 4.69) is 102 Å². The predicted octanol–water partition coefficient (Wildman–Crippen LogP) is 5.78. The summed E-state index contributed by atoms with van der Waals surface area (Å²) in [6, 6.07) is 29.8. The summed E-state index contributed by atoms with van der Waals surface area (Å²) in [6.45, 7) is 6.50. The van der Waals surface area contributed by atoms with Gasteiger partial charge in [-0.15, -0.1) is 0 Å². The standard InChI is InChI=1S/C27H32N2O.C4H4O4/c1-23-10-8-15-27(22-23)30-26-16-20-28(21-17-26)18-9-19-29(24-11-4-2-5-12-24)25-13-6-3-7-14-25;5-3(6)1-2-4(7)8/h2-8,10-15,22,26H,9,16-21H2,1H3;1-2H,(H,5,6)(H,7,8). The van der Waals surface area contributed by atoms with Crippen LogP contribution in [0.15, 0.2) is 97.1 Å². The van der Waals surface area contributed by atoms with E-state index in [9.17, 15) is 9.59 Å². The molecule has 0 radical (unpaired) electrons. The van der Waals surface area contributed by atoms with Crippen LogP contribution in [0.2, 0.25) is 0 Å². The zero-order valence-corrected chi connectivity index (χ0v) is 21.8. The molecule has 3 aromatic rings. The SMILES string of the molecule is Cc1cccc(OC2CCN(CCCN(c3ccccc3)c3ccccc3)CC2)c1.O=C(O)C=CC(=O)O. The highest BCUT2D eigenvalue weighted by Crippen LogP contribution is 2.25. The molecule has 1 aliphatic rings. The Kier molecular flexibility index (Phi) is 11.4. The van der Waals surface area contributed by atoms with Gasteiger partial charge in [0.25, 0.3) is 0 Å². The molecule has 4 rings (SSSR count). The first kappa shape index (κ1) is 28.5. The van der Waals surface area contributed by atoms with Crippen LogP contribution in [0.3, 0.4) is 0 Å². The highest BCUT2D eigenvalue weighted by atomic mass is 16.5. The predicted molar refractivity (Wildman–Crippen MR) is 150 cm³/mol. The minimum Gasteiger partial charge on any atom is -0.490 e. The van der Waals surface area contributed by atoms with E-state index < -0.39 is 11.9 Å². The van der Waals surface area contributed by atoms with Crippen molar-refractivity contribution in [1.29, 1.82) is 0 Å². The van der Waals surface area contributed by atoms with Gasteiger partial charge in [0.05, 0.1) is 0 Å². The number of carboxylic acid groups (broad SMARTS) is 2. The molecule has 1 saturated heterocycles. The Hall–Kier alpha value is -4.10. The molecule has 7 nitrogen and oxygen atoms in total. The van der Waals surface area contributed by atoms with Crippen LogP contribution in [-0.4, -0.2) is 59.3 Å². The highest BCUT2D eigenvalue weighted by Gasteiger charge is 2.20. The number of carboxylic acids is 2. The van der Waals surface area contributed by atoms with Crippen LogP contribution in [0.25, 0.3) is 0 Å². The van der Waals surface area contributed by atoms with Crippen molar-refractivity contribution in [3.05, 3.63) is 103 Å². The molecular formula is C31H36N2O5. The zero-order chi connectivity index (χ0) is 27.2. The second kappa shape index (κ2) is 15.2. The maximum Gasteiger partial charge on any atom is 0.328 e. The van der Waals surface area contributed by atoms with E-state index in [0.29, 0.717) is 18.3 Å². The molecule has 3 aromatic carbocycles. The normalized spacial score (nSPS) is 13.9. The van der Waals surface area contributed by atoms with E-state index >= 15 is 0 Å². The minimum atomic E-state index is -1.26. The summed E-state index contributed by atoms with van der Waals surface area (Å²) in [5, 5.41) is 15.6. The first-order valence-electron chi connectivity index (χ1n) is 12.9. The third-order valence-corrected chi connectivity index (χ3v) is 6.19. The first-order valence-corrected chi connectivity index (χ1v) is 12.9. The van der Waals surface area contributed by atoms with Crippen LogP contribution >= 0.6 is 0 Å². The quantitative estimate of drug-likeness (QED) is 0.330. The molecular weight excluding hydrogens is 480 g/mol. The number of carbonyl (C=O) groups is 2. The average molecular weight is 517 g/mol. The van der Waals surface area contributed by atoms with Gasteiger partial charge in [-0.2, -0.15) is 0 Å². The number of benzene rings is 3. The Labute approximate surface area is 224 Å². The fourth-order valence-corrected chi connectivity index (χ4v) is 4.35. The molecule has 7 heteroatoms. The molecule has 0 unspecified atom stereocenters. The molecule has 1 heterocycles. The van der Waals surface area contributed by atoms with Gasteiger partial charge in [0.15, 0.2) is 0 Å². The lowest BCUT2D eigenvalue weighted by Crippen LogP contribution is -2.39. The Bertz CT molecular complexity index is 1100. The summed E-state index contributed by atoms with van der Waals surface area (Å²) in [5.41, 5.74) is 3.77. The van der Waals surface area contributed by atoms with Crippen LogP contribution in [0.5, 0.6) is 5.75 Å². The Balaban J connectivity index is 0.000000436. The molecule has 2 N–H and O–H groups in total. The summed E-state index contributed by atoms with van der Waals surface area (Å²) in [4.78, 5) is 24.1. The van der Waals surface area contributed by atoms with Crippen molar-refractivity contribution < 1.29 is 24.5 Å². The van der Waals surface area contributed by atoms with Crippen molar-refractivity contribution in [2.75, 3.05) is 31.1 Å². The summed E-state index contributed by atoms with van der Waals surface area (Å²) < 4.78 is 6.21. The fraction of sp³-hybridized carbons (Fsp3) is 0.290. The summed E-state index contributed by atoms with van der Waals surface area (Å²) in [5.74, 6) is -1.50. The zero-order valence-electron chi connectivity index (χ0n) is 21.8. The molecule has 0 spiro atoms. The number of hydrogen-bond acceptors (Lipinski definition) is 5. The third kappa shape index (κ3) is 10.1. The van der Waals surface area contributed by atoms with Crippen LogP contribution in [0.1, 0.15) is 24.8 Å². The van der Waals surface area contributed by atoms with Gasteiger partial charge in [-0.3, -0.25) is 0 Å². The summed E-state index contributed by atoms with van der Waals surface area (Å²) >= 11 is 0. The molecule has 38 heavy (non-hydrogen) atoms. The lowest BCUT2D eigenvalue weighted by molar-refractivity contribution is -0.134. The molecule has 1 fully saturated rings. The fourth-order valence-electron chi connectivity index (χ4n) is 4.35. The van der Waals surface area contributed by atoms with Crippen molar-refractivity contribution >= 4 is 23.3 Å². The number of nitrogens with zero attached hydrogens (tertiary/aromatic N) is 2. The number of aliphatic carboxylic acids is 2. The molecule has 0 amide bonds. The van der Waals surface area contributed by atoms with E-state index in [1.54, 1.807) is 0 Å². The van der Waals surface area contributed by atoms with Crippen molar-refractivity contribution in [1.82, 2.24) is 4.90 Å². The first-order chi connectivity index (χ1) is 18.4. The van der Waals surface area contributed by atoms with Gasteiger partial charge in [0.2, 0.25) is 0 Å². The number of ether oxygens (including phenoxy) is 1. The number of rotatable bonds is 10. The largest absolute Gasteiger partial charge is 0.490 e. The van der Waals surface area contributed by atoms with Crippen molar-refractivity contribution in [2.24, 2.45) is 0 Å². The van der Waals surface area contributed by atoms with Gasteiger partial charge in [0, 0.05) is 43.2 Å². The lowest BCUT2D eigenvalue weighted by atomic mass is 10.1. The van der Waals surface area contributed by atoms with Crippen LogP contribution in [0.4, 0.5) is 11.4 Å². The summed E-state index contributed by atoms with van der Waals surface area (Å²) in [7, 11) is 0. The second-order valence-electron chi connectivity index (χ2n) is 9.16.